The molecule has 0 spiro atoms. The Balaban J connectivity index is 3.75. The second kappa shape index (κ2) is 4.32. The van der Waals surface area contributed by atoms with E-state index in [9.17, 15) is 0 Å². The minimum atomic E-state index is 0.231. The molecule has 0 aromatic heterocycles. The van der Waals surface area contributed by atoms with Crippen LogP contribution in [0.15, 0.2) is 0 Å². The van der Waals surface area contributed by atoms with E-state index in [-0.39, 0.29) is 6.04 Å². The Morgan fingerprint density at radius 3 is 1.90 bits per heavy atom. The van der Waals surface area contributed by atoms with Crippen LogP contribution in [0.4, 0.5) is 0 Å². The van der Waals surface area contributed by atoms with E-state index in [1.54, 1.807) is 0 Å². The van der Waals surface area contributed by atoms with Gasteiger partial charge < -0.3 is 4.90 Å². The van der Waals surface area contributed by atoms with Gasteiger partial charge in [-0.1, -0.05) is 5.92 Å². The van der Waals surface area contributed by atoms with Crippen LogP contribution in [0.2, 0.25) is 0 Å². The number of rotatable bonds is 3. The van der Waals surface area contributed by atoms with E-state index in [0.717, 1.165) is 6.54 Å². The molecule has 0 aliphatic carbocycles. The zero-order valence-corrected chi connectivity index (χ0v) is 7.26. The molecule has 0 aromatic carbocycles. The largest absolute Gasteiger partial charge is 0.307 e. The Kier molecular flexibility index (Phi) is 4.10. The van der Waals surface area contributed by atoms with Gasteiger partial charge in [-0.3, -0.25) is 4.90 Å². The summed E-state index contributed by atoms with van der Waals surface area (Å²) < 4.78 is 0. The Bertz CT molecular complexity index is 122. The lowest BCUT2D eigenvalue weighted by Gasteiger charge is -2.21. The number of hydrogen-bond donors (Lipinski definition) is 0. The Hall–Kier alpha value is -0.520. The molecule has 0 saturated carbocycles. The molecule has 0 rings (SSSR count). The number of hydrogen-bond acceptors (Lipinski definition) is 2. The highest BCUT2D eigenvalue weighted by Gasteiger charge is 2.06. The van der Waals surface area contributed by atoms with Crippen molar-refractivity contribution < 1.29 is 0 Å². The molecule has 0 aliphatic rings. The Labute approximate surface area is 63.8 Å². The first-order valence-electron chi connectivity index (χ1n) is 3.35. The second-order valence-electron chi connectivity index (χ2n) is 2.91. The molecule has 0 bridgehead atoms. The van der Waals surface area contributed by atoms with Crippen LogP contribution in [-0.4, -0.2) is 50.6 Å². The monoisotopic (exact) mass is 140 g/mol. The summed E-state index contributed by atoms with van der Waals surface area (Å²) in [6, 6.07) is 0.231. The summed E-state index contributed by atoms with van der Waals surface area (Å²) in [6.07, 6.45) is 5.30. The fraction of sp³-hybridized carbons (Fsp3) is 0.750. The molecule has 0 radical (unpaired) electrons. The number of likely N-dealkylation sites (N-methyl/N-ethyl adjacent to an activating group) is 2. The first kappa shape index (κ1) is 9.48. The van der Waals surface area contributed by atoms with Gasteiger partial charge in [-0.15, -0.1) is 6.42 Å². The SMILES string of the molecule is C#CC(CN(C)C)N(C)C. The minimum absolute atomic E-state index is 0.231. The summed E-state index contributed by atoms with van der Waals surface area (Å²) in [5.41, 5.74) is 0. The lowest BCUT2D eigenvalue weighted by Crippen LogP contribution is -2.36. The van der Waals surface area contributed by atoms with E-state index in [1.165, 1.54) is 0 Å². The third-order valence-electron chi connectivity index (χ3n) is 1.35. The van der Waals surface area contributed by atoms with Gasteiger partial charge in [0, 0.05) is 6.54 Å². The van der Waals surface area contributed by atoms with E-state index >= 15 is 0 Å². The van der Waals surface area contributed by atoms with Crippen LogP contribution >= 0.6 is 0 Å². The first-order chi connectivity index (χ1) is 4.57. The fourth-order valence-electron chi connectivity index (χ4n) is 0.711. The van der Waals surface area contributed by atoms with Crippen LogP contribution in [-0.2, 0) is 0 Å². The fourth-order valence-corrected chi connectivity index (χ4v) is 0.711. The maximum absolute atomic E-state index is 5.30. The Morgan fingerprint density at radius 2 is 1.80 bits per heavy atom. The second-order valence-corrected chi connectivity index (χ2v) is 2.91. The highest BCUT2D eigenvalue weighted by atomic mass is 15.2. The number of terminal acetylenes is 1. The van der Waals surface area contributed by atoms with E-state index in [1.807, 2.05) is 33.1 Å². The smallest absolute Gasteiger partial charge is 0.0835 e. The van der Waals surface area contributed by atoms with Gasteiger partial charge in [0.25, 0.3) is 0 Å². The molecule has 0 heterocycles. The molecule has 0 saturated heterocycles. The van der Waals surface area contributed by atoms with Gasteiger partial charge in [0.2, 0.25) is 0 Å². The molecule has 58 valence electrons. The molecule has 2 nitrogen and oxygen atoms in total. The van der Waals surface area contributed by atoms with E-state index in [2.05, 4.69) is 10.8 Å². The molecule has 2 heteroatoms. The maximum Gasteiger partial charge on any atom is 0.0835 e. The normalized spacial score (nSPS) is 13.7. The van der Waals surface area contributed by atoms with Crippen LogP contribution < -0.4 is 0 Å². The van der Waals surface area contributed by atoms with Crippen molar-refractivity contribution in [3.63, 3.8) is 0 Å². The summed E-state index contributed by atoms with van der Waals surface area (Å²) in [4.78, 5) is 4.13. The molecule has 0 amide bonds. The third-order valence-corrected chi connectivity index (χ3v) is 1.35. The maximum atomic E-state index is 5.30. The van der Waals surface area contributed by atoms with Crippen molar-refractivity contribution in [3.8, 4) is 12.3 Å². The van der Waals surface area contributed by atoms with Crippen LogP contribution in [0.5, 0.6) is 0 Å². The molecule has 10 heavy (non-hydrogen) atoms. The van der Waals surface area contributed by atoms with E-state index < -0.39 is 0 Å². The number of nitrogens with zero attached hydrogens (tertiary/aromatic N) is 2. The molecular weight excluding hydrogens is 124 g/mol. The predicted octanol–water partition coefficient (Wildman–Crippen LogP) is 0.111. The molecule has 1 atom stereocenters. The zero-order chi connectivity index (χ0) is 8.15. The Morgan fingerprint density at radius 1 is 1.30 bits per heavy atom. The van der Waals surface area contributed by atoms with E-state index in [0.29, 0.717) is 0 Å². The van der Waals surface area contributed by atoms with Gasteiger partial charge in [-0.2, -0.15) is 0 Å². The summed E-state index contributed by atoms with van der Waals surface area (Å²) in [5.74, 6) is 2.72. The van der Waals surface area contributed by atoms with Gasteiger partial charge in [0.15, 0.2) is 0 Å². The lowest BCUT2D eigenvalue weighted by molar-refractivity contribution is 0.274. The van der Waals surface area contributed by atoms with Crippen LogP contribution in [0, 0.1) is 12.3 Å². The molecule has 0 aromatic rings. The molecule has 0 fully saturated rings. The zero-order valence-electron chi connectivity index (χ0n) is 7.26. The average Bonchev–Trinajstić information content (AvgIpc) is 1.81. The van der Waals surface area contributed by atoms with Crippen molar-refractivity contribution in [2.45, 2.75) is 6.04 Å². The van der Waals surface area contributed by atoms with Crippen molar-refractivity contribution in [1.82, 2.24) is 9.80 Å². The standard InChI is InChI=1S/C8H16N2/c1-6-8(10(4)5)7-9(2)3/h1,8H,7H2,2-5H3. The van der Waals surface area contributed by atoms with Gasteiger partial charge in [0.1, 0.15) is 0 Å². The summed E-state index contributed by atoms with van der Waals surface area (Å²) >= 11 is 0. The van der Waals surface area contributed by atoms with Crippen molar-refractivity contribution in [1.29, 1.82) is 0 Å². The van der Waals surface area contributed by atoms with Crippen molar-refractivity contribution in [2.75, 3.05) is 34.7 Å². The van der Waals surface area contributed by atoms with Crippen LogP contribution in [0.3, 0.4) is 0 Å². The summed E-state index contributed by atoms with van der Waals surface area (Å²) in [7, 11) is 8.03. The van der Waals surface area contributed by atoms with Gasteiger partial charge in [-0.25, -0.2) is 0 Å². The molecular formula is C8H16N2. The van der Waals surface area contributed by atoms with Gasteiger partial charge in [0.05, 0.1) is 6.04 Å². The van der Waals surface area contributed by atoms with Crippen LogP contribution in [0.1, 0.15) is 0 Å². The van der Waals surface area contributed by atoms with Crippen LogP contribution in [0.25, 0.3) is 0 Å². The van der Waals surface area contributed by atoms with Crippen molar-refractivity contribution in [3.05, 3.63) is 0 Å². The third kappa shape index (κ3) is 3.49. The minimum Gasteiger partial charge on any atom is -0.307 e. The average molecular weight is 140 g/mol. The van der Waals surface area contributed by atoms with E-state index in [4.69, 9.17) is 6.42 Å². The topological polar surface area (TPSA) is 6.48 Å². The lowest BCUT2D eigenvalue weighted by atomic mass is 10.3. The summed E-state index contributed by atoms with van der Waals surface area (Å²) in [5, 5.41) is 0. The van der Waals surface area contributed by atoms with Crippen molar-refractivity contribution in [2.24, 2.45) is 0 Å². The predicted molar refractivity (Wildman–Crippen MR) is 44.9 cm³/mol. The van der Waals surface area contributed by atoms with Crippen molar-refractivity contribution >= 4 is 0 Å². The molecule has 0 aliphatic heterocycles. The summed E-state index contributed by atoms with van der Waals surface area (Å²) in [6.45, 7) is 0.920. The molecule has 1 unspecified atom stereocenters. The van der Waals surface area contributed by atoms with Gasteiger partial charge in [-0.05, 0) is 28.2 Å². The molecule has 0 N–H and O–H groups in total. The first-order valence-corrected chi connectivity index (χ1v) is 3.35. The highest BCUT2D eigenvalue weighted by molar-refractivity contribution is 4.99. The van der Waals surface area contributed by atoms with Gasteiger partial charge >= 0.3 is 0 Å². The quantitative estimate of drug-likeness (QED) is 0.513. The highest BCUT2D eigenvalue weighted by Crippen LogP contribution is 1.91.